The van der Waals surface area contributed by atoms with Crippen LogP contribution in [0.2, 0.25) is 0 Å². The Kier molecular flexibility index (Phi) is 4.10. The molecule has 0 radical (unpaired) electrons. The maximum atomic E-state index is 9.64. The van der Waals surface area contributed by atoms with E-state index in [-0.39, 0.29) is 6.10 Å². The number of likely N-dealkylation sites (N-methyl/N-ethyl adjacent to an activating group) is 1. The van der Waals surface area contributed by atoms with E-state index in [9.17, 15) is 5.11 Å². The first-order valence-electron chi connectivity index (χ1n) is 5.03. The fourth-order valence-electron chi connectivity index (χ4n) is 1.43. The van der Waals surface area contributed by atoms with Crippen LogP contribution in [0.1, 0.15) is 18.3 Å². The molecule has 1 rings (SSSR count). The van der Waals surface area contributed by atoms with Crippen LogP contribution in [-0.2, 0) is 6.54 Å². The monoisotopic (exact) mass is 197 g/mol. The highest BCUT2D eigenvalue weighted by molar-refractivity contribution is 5.06. The standard InChI is InChI=1S/C10H19N3O/c1-4-11-6-10(14)7-13-9(3)5-8(2)12-13/h5,10-11,14H,4,6-7H2,1-3H3. The molecule has 80 valence electrons. The van der Waals surface area contributed by atoms with E-state index < -0.39 is 0 Å². The molecule has 0 saturated heterocycles. The van der Waals surface area contributed by atoms with Crippen molar-refractivity contribution in [3.8, 4) is 0 Å². The van der Waals surface area contributed by atoms with Crippen LogP contribution in [0.4, 0.5) is 0 Å². The number of hydrogen-bond donors (Lipinski definition) is 2. The van der Waals surface area contributed by atoms with Crippen LogP contribution in [0, 0.1) is 13.8 Å². The SMILES string of the molecule is CCNCC(O)Cn1nc(C)cc1C. The van der Waals surface area contributed by atoms with E-state index in [1.165, 1.54) is 0 Å². The summed E-state index contributed by atoms with van der Waals surface area (Å²) in [5, 5.41) is 17.0. The van der Waals surface area contributed by atoms with Gasteiger partial charge in [-0.2, -0.15) is 5.10 Å². The highest BCUT2D eigenvalue weighted by Crippen LogP contribution is 2.02. The smallest absolute Gasteiger partial charge is 0.0860 e. The van der Waals surface area contributed by atoms with Crippen molar-refractivity contribution in [2.45, 2.75) is 33.4 Å². The van der Waals surface area contributed by atoms with Gasteiger partial charge in [-0.25, -0.2) is 0 Å². The van der Waals surface area contributed by atoms with Crippen LogP contribution in [-0.4, -0.2) is 34.1 Å². The van der Waals surface area contributed by atoms with Gasteiger partial charge in [-0.1, -0.05) is 6.92 Å². The van der Waals surface area contributed by atoms with Crippen molar-refractivity contribution in [1.29, 1.82) is 0 Å². The Hall–Kier alpha value is -0.870. The molecule has 4 heteroatoms. The molecule has 1 atom stereocenters. The summed E-state index contributed by atoms with van der Waals surface area (Å²) in [6, 6.07) is 2.01. The van der Waals surface area contributed by atoms with Gasteiger partial charge in [0.05, 0.1) is 18.3 Å². The average molecular weight is 197 g/mol. The molecule has 0 bridgehead atoms. The quantitative estimate of drug-likeness (QED) is 0.721. The summed E-state index contributed by atoms with van der Waals surface area (Å²) in [5.74, 6) is 0. The summed E-state index contributed by atoms with van der Waals surface area (Å²) in [6.45, 7) is 8.05. The number of aliphatic hydroxyl groups excluding tert-OH is 1. The molecule has 0 amide bonds. The summed E-state index contributed by atoms with van der Waals surface area (Å²) in [4.78, 5) is 0. The molecule has 4 nitrogen and oxygen atoms in total. The summed E-state index contributed by atoms with van der Waals surface area (Å²) in [6.07, 6.45) is -0.368. The number of aromatic nitrogens is 2. The lowest BCUT2D eigenvalue weighted by molar-refractivity contribution is 0.146. The van der Waals surface area contributed by atoms with Gasteiger partial charge >= 0.3 is 0 Å². The van der Waals surface area contributed by atoms with Crippen LogP contribution >= 0.6 is 0 Å². The first kappa shape index (κ1) is 11.2. The molecule has 0 aromatic carbocycles. The average Bonchev–Trinajstić information content (AvgIpc) is 2.42. The molecule has 1 aromatic rings. The number of aryl methyl sites for hydroxylation is 2. The zero-order valence-electron chi connectivity index (χ0n) is 9.12. The van der Waals surface area contributed by atoms with Gasteiger partial charge in [-0.05, 0) is 26.5 Å². The number of nitrogens with zero attached hydrogens (tertiary/aromatic N) is 2. The van der Waals surface area contributed by atoms with E-state index in [0.717, 1.165) is 17.9 Å². The fourth-order valence-corrected chi connectivity index (χ4v) is 1.43. The van der Waals surface area contributed by atoms with Gasteiger partial charge in [0.25, 0.3) is 0 Å². The van der Waals surface area contributed by atoms with Crippen molar-refractivity contribution in [2.24, 2.45) is 0 Å². The second-order valence-corrected chi connectivity index (χ2v) is 3.57. The first-order chi connectivity index (χ1) is 6.63. The fraction of sp³-hybridized carbons (Fsp3) is 0.700. The maximum absolute atomic E-state index is 9.64. The number of nitrogens with one attached hydrogen (secondary N) is 1. The molecule has 14 heavy (non-hydrogen) atoms. The van der Waals surface area contributed by atoms with E-state index in [0.29, 0.717) is 13.1 Å². The van der Waals surface area contributed by atoms with E-state index in [1.54, 1.807) is 0 Å². The van der Waals surface area contributed by atoms with Gasteiger partial charge < -0.3 is 10.4 Å². The Balaban J connectivity index is 2.47. The van der Waals surface area contributed by atoms with Gasteiger partial charge in [-0.3, -0.25) is 4.68 Å². The zero-order valence-corrected chi connectivity index (χ0v) is 9.12. The van der Waals surface area contributed by atoms with Crippen molar-refractivity contribution in [3.63, 3.8) is 0 Å². The number of hydrogen-bond acceptors (Lipinski definition) is 3. The third kappa shape index (κ3) is 3.12. The minimum Gasteiger partial charge on any atom is -0.390 e. The Morgan fingerprint density at radius 3 is 2.79 bits per heavy atom. The van der Waals surface area contributed by atoms with E-state index in [2.05, 4.69) is 10.4 Å². The topological polar surface area (TPSA) is 50.1 Å². The van der Waals surface area contributed by atoms with Gasteiger partial charge in [0.2, 0.25) is 0 Å². The Bertz CT molecular complexity index is 283. The molecule has 1 unspecified atom stereocenters. The molecule has 0 spiro atoms. The minimum atomic E-state index is -0.368. The number of rotatable bonds is 5. The largest absolute Gasteiger partial charge is 0.390 e. The van der Waals surface area contributed by atoms with Crippen molar-refractivity contribution in [2.75, 3.05) is 13.1 Å². The van der Waals surface area contributed by atoms with Gasteiger partial charge in [0, 0.05) is 12.2 Å². The van der Waals surface area contributed by atoms with Gasteiger partial charge in [0.15, 0.2) is 0 Å². The highest BCUT2D eigenvalue weighted by Gasteiger charge is 2.07. The molecule has 0 aliphatic heterocycles. The van der Waals surface area contributed by atoms with Crippen LogP contribution in [0.15, 0.2) is 6.07 Å². The van der Waals surface area contributed by atoms with Crippen LogP contribution in [0.25, 0.3) is 0 Å². The van der Waals surface area contributed by atoms with Gasteiger partial charge in [-0.15, -0.1) is 0 Å². The molecular formula is C10H19N3O. The predicted molar refractivity (Wildman–Crippen MR) is 56.3 cm³/mol. The van der Waals surface area contributed by atoms with E-state index in [4.69, 9.17) is 0 Å². The molecule has 0 fully saturated rings. The van der Waals surface area contributed by atoms with Gasteiger partial charge in [0.1, 0.15) is 0 Å². The lowest BCUT2D eigenvalue weighted by Gasteiger charge is -2.12. The molecule has 0 aliphatic carbocycles. The third-order valence-corrected chi connectivity index (χ3v) is 2.12. The summed E-state index contributed by atoms with van der Waals surface area (Å²) in [7, 11) is 0. The maximum Gasteiger partial charge on any atom is 0.0860 e. The van der Waals surface area contributed by atoms with Crippen molar-refractivity contribution < 1.29 is 5.11 Å². The van der Waals surface area contributed by atoms with Crippen molar-refractivity contribution in [1.82, 2.24) is 15.1 Å². The van der Waals surface area contributed by atoms with Crippen LogP contribution < -0.4 is 5.32 Å². The Morgan fingerprint density at radius 1 is 1.57 bits per heavy atom. The summed E-state index contributed by atoms with van der Waals surface area (Å²) >= 11 is 0. The number of aliphatic hydroxyl groups is 1. The molecule has 1 heterocycles. The molecule has 0 aliphatic rings. The lowest BCUT2D eigenvalue weighted by atomic mass is 10.3. The molecule has 2 N–H and O–H groups in total. The molecular weight excluding hydrogens is 178 g/mol. The van der Waals surface area contributed by atoms with E-state index in [1.807, 2.05) is 31.5 Å². The minimum absolute atomic E-state index is 0.368. The Labute approximate surface area is 84.9 Å². The summed E-state index contributed by atoms with van der Waals surface area (Å²) < 4.78 is 1.84. The van der Waals surface area contributed by atoms with E-state index >= 15 is 0 Å². The second-order valence-electron chi connectivity index (χ2n) is 3.57. The third-order valence-electron chi connectivity index (χ3n) is 2.12. The molecule has 1 aromatic heterocycles. The summed E-state index contributed by atoms with van der Waals surface area (Å²) in [5.41, 5.74) is 2.09. The van der Waals surface area contributed by atoms with Crippen molar-refractivity contribution >= 4 is 0 Å². The molecule has 0 saturated carbocycles. The van der Waals surface area contributed by atoms with Crippen LogP contribution in [0.5, 0.6) is 0 Å². The lowest BCUT2D eigenvalue weighted by Crippen LogP contribution is -2.30. The normalized spacial score (nSPS) is 13.1. The predicted octanol–water partition coefficient (Wildman–Crippen LogP) is 0.470. The highest BCUT2D eigenvalue weighted by atomic mass is 16.3. The second kappa shape index (κ2) is 5.12. The van der Waals surface area contributed by atoms with Crippen molar-refractivity contribution in [3.05, 3.63) is 17.5 Å². The first-order valence-corrected chi connectivity index (χ1v) is 5.03. The van der Waals surface area contributed by atoms with Crippen LogP contribution in [0.3, 0.4) is 0 Å². The Morgan fingerprint density at radius 2 is 2.29 bits per heavy atom. The zero-order chi connectivity index (χ0) is 10.6.